The van der Waals surface area contributed by atoms with Gasteiger partial charge < -0.3 is 5.32 Å². The number of hydrogen-bond acceptors (Lipinski definition) is 1. The minimum Gasteiger partial charge on any atom is -0.349 e. The van der Waals surface area contributed by atoms with Gasteiger partial charge in [-0.3, -0.25) is 4.79 Å². The molecule has 0 radical (unpaired) electrons. The van der Waals surface area contributed by atoms with Crippen molar-refractivity contribution in [2.45, 2.75) is 39.9 Å². The molecule has 1 unspecified atom stereocenters. The van der Waals surface area contributed by atoms with Gasteiger partial charge in [-0.1, -0.05) is 32.9 Å². The maximum atomic E-state index is 12.6. The molecule has 0 saturated heterocycles. The van der Waals surface area contributed by atoms with E-state index in [1.165, 1.54) is 6.07 Å². The van der Waals surface area contributed by atoms with E-state index in [4.69, 9.17) is 0 Å². The van der Waals surface area contributed by atoms with Gasteiger partial charge in [0.05, 0.1) is 11.6 Å². The predicted octanol–water partition coefficient (Wildman–Crippen LogP) is 3.93. The zero-order chi connectivity index (χ0) is 14.8. The second-order valence-corrected chi connectivity index (χ2v) is 5.57. The topological polar surface area (TPSA) is 29.1 Å². The molecule has 0 aliphatic rings. The van der Waals surface area contributed by atoms with Gasteiger partial charge in [-0.2, -0.15) is 13.2 Å². The van der Waals surface area contributed by atoms with Crippen LogP contribution in [0.3, 0.4) is 0 Å². The first-order chi connectivity index (χ1) is 8.51. The summed E-state index contributed by atoms with van der Waals surface area (Å²) in [7, 11) is 0. The molecule has 0 saturated carbocycles. The van der Waals surface area contributed by atoms with Gasteiger partial charge >= 0.3 is 6.18 Å². The fourth-order valence-electron chi connectivity index (χ4n) is 1.48. The van der Waals surface area contributed by atoms with Crippen molar-refractivity contribution in [3.8, 4) is 0 Å². The van der Waals surface area contributed by atoms with Gasteiger partial charge in [-0.15, -0.1) is 0 Å². The van der Waals surface area contributed by atoms with Crippen LogP contribution in [-0.4, -0.2) is 5.91 Å². The highest BCUT2D eigenvalue weighted by molar-refractivity contribution is 5.81. The molecule has 19 heavy (non-hydrogen) atoms. The lowest BCUT2D eigenvalue weighted by Crippen LogP contribution is -2.36. The quantitative estimate of drug-likeness (QED) is 0.869. The number of rotatable bonds is 2. The Morgan fingerprint density at radius 3 is 2.26 bits per heavy atom. The van der Waals surface area contributed by atoms with E-state index in [9.17, 15) is 18.0 Å². The van der Waals surface area contributed by atoms with E-state index >= 15 is 0 Å². The van der Waals surface area contributed by atoms with Gasteiger partial charge in [-0.25, -0.2) is 0 Å². The van der Waals surface area contributed by atoms with E-state index in [1.54, 1.807) is 33.8 Å². The lowest BCUT2D eigenvalue weighted by atomic mass is 9.94. The third-order valence-corrected chi connectivity index (χ3v) is 2.74. The van der Waals surface area contributed by atoms with Crippen LogP contribution in [0, 0.1) is 5.41 Å². The summed E-state index contributed by atoms with van der Waals surface area (Å²) in [6, 6.07) is 4.53. The van der Waals surface area contributed by atoms with Gasteiger partial charge in [-0.05, 0) is 24.6 Å². The maximum Gasteiger partial charge on any atom is 0.416 e. The molecule has 1 aromatic carbocycles. The van der Waals surface area contributed by atoms with Crippen molar-refractivity contribution in [2.24, 2.45) is 5.41 Å². The highest BCUT2D eigenvalue weighted by atomic mass is 19.4. The Morgan fingerprint density at radius 2 is 1.79 bits per heavy atom. The van der Waals surface area contributed by atoms with Crippen molar-refractivity contribution in [3.05, 3.63) is 35.4 Å². The molecule has 0 fully saturated rings. The first kappa shape index (κ1) is 15.5. The van der Waals surface area contributed by atoms with Crippen LogP contribution in [0.4, 0.5) is 13.2 Å². The maximum absolute atomic E-state index is 12.6. The molecule has 1 aromatic rings. The van der Waals surface area contributed by atoms with Gasteiger partial charge in [0.1, 0.15) is 0 Å². The first-order valence-corrected chi connectivity index (χ1v) is 6.00. The molecule has 0 aromatic heterocycles. The third-order valence-electron chi connectivity index (χ3n) is 2.74. The van der Waals surface area contributed by atoms with Crippen molar-refractivity contribution in [1.29, 1.82) is 0 Å². The van der Waals surface area contributed by atoms with Crippen molar-refractivity contribution >= 4 is 5.91 Å². The Balaban J connectivity index is 2.89. The summed E-state index contributed by atoms with van der Waals surface area (Å²) in [4.78, 5) is 11.8. The number of hydrogen-bond donors (Lipinski definition) is 1. The molecule has 0 bridgehead atoms. The molecule has 5 heteroatoms. The van der Waals surface area contributed by atoms with Crippen molar-refractivity contribution in [1.82, 2.24) is 5.32 Å². The Kier molecular flexibility index (Phi) is 4.28. The van der Waals surface area contributed by atoms with E-state index in [2.05, 4.69) is 5.32 Å². The molecular weight excluding hydrogens is 255 g/mol. The van der Waals surface area contributed by atoms with E-state index in [1.807, 2.05) is 0 Å². The average Bonchev–Trinajstić information content (AvgIpc) is 2.26. The number of carbonyl (C=O) groups excluding carboxylic acids is 1. The molecule has 2 nitrogen and oxygen atoms in total. The summed E-state index contributed by atoms with van der Waals surface area (Å²) in [5.74, 6) is -0.197. The normalized spacial score (nSPS) is 14.1. The summed E-state index contributed by atoms with van der Waals surface area (Å²) in [5.41, 5.74) is -0.843. The van der Waals surface area contributed by atoms with Crippen molar-refractivity contribution in [3.63, 3.8) is 0 Å². The highest BCUT2D eigenvalue weighted by Crippen LogP contribution is 2.30. The second kappa shape index (κ2) is 5.23. The van der Waals surface area contributed by atoms with Crippen LogP contribution < -0.4 is 5.32 Å². The summed E-state index contributed by atoms with van der Waals surface area (Å²) >= 11 is 0. The molecular formula is C14H18F3NO. The highest BCUT2D eigenvalue weighted by Gasteiger charge is 2.31. The van der Waals surface area contributed by atoms with Crippen molar-refractivity contribution < 1.29 is 18.0 Å². The molecule has 0 aliphatic heterocycles. The lowest BCUT2D eigenvalue weighted by molar-refractivity contribution is -0.137. The zero-order valence-electron chi connectivity index (χ0n) is 11.4. The SMILES string of the molecule is CC(NC(=O)C(C)(C)C)c1cccc(C(F)(F)F)c1. The van der Waals surface area contributed by atoms with Gasteiger partial charge in [0, 0.05) is 5.41 Å². The fourth-order valence-corrected chi connectivity index (χ4v) is 1.48. The predicted molar refractivity (Wildman–Crippen MR) is 67.5 cm³/mol. The lowest BCUT2D eigenvalue weighted by Gasteiger charge is -2.22. The minimum absolute atomic E-state index is 0.197. The number of alkyl halides is 3. The van der Waals surface area contributed by atoms with Crippen LogP contribution in [-0.2, 0) is 11.0 Å². The van der Waals surface area contributed by atoms with Crippen LogP contribution in [0.5, 0.6) is 0 Å². The van der Waals surface area contributed by atoms with E-state index in [0.29, 0.717) is 5.56 Å². The monoisotopic (exact) mass is 273 g/mol. The third kappa shape index (κ3) is 4.26. The standard InChI is InChI=1S/C14H18F3NO/c1-9(18-12(19)13(2,3)4)10-6-5-7-11(8-10)14(15,16)17/h5-9H,1-4H3,(H,18,19). The summed E-state index contributed by atoms with van der Waals surface area (Å²) in [6.07, 6.45) is -4.37. The summed E-state index contributed by atoms with van der Waals surface area (Å²) in [6.45, 7) is 6.92. The van der Waals surface area contributed by atoms with Crippen LogP contribution in [0.1, 0.15) is 44.9 Å². The number of halogens is 3. The van der Waals surface area contributed by atoms with E-state index < -0.39 is 23.2 Å². The molecule has 106 valence electrons. The minimum atomic E-state index is -4.37. The largest absolute Gasteiger partial charge is 0.416 e. The number of amides is 1. The zero-order valence-corrected chi connectivity index (χ0v) is 11.4. The molecule has 1 amide bonds. The van der Waals surface area contributed by atoms with Crippen LogP contribution in [0.15, 0.2) is 24.3 Å². The van der Waals surface area contributed by atoms with Crippen molar-refractivity contribution in [2.75, 3.05) is 0 Å². The Labute approximate surface area is 111 Å². The molecule has 0 spiro atoms. The van der Waals surface area contributed by atoms with E-state index in [0.717, 1.165) is 12.1 Å². The molecule has 0 heterocycles. The number of carbonyl (C=O) groups is 1. The Bertz CT molecular complexity index is 460. The molecule has 0 aliphatic carbocycles. The number of nitrogens with one attached hydrogen (secondary N) is 1. The first-order valence-electron chi connectivity index (χ1n) is 6.00. The van der Waals surface area contributed by atoms with Gasteiger partial charge in [0.2, 0.25) is 5.91 Å². The summed E-state index contributed by atoms with van der Waals surface area (Å²) < 4.78 is 37.8. The van der Waals surface area contributed by atoms with Crippen LogP contribution >= 0.6 is 0 Å². The Morgan fingerprint density at radius 1 is 1.21 bits per heavy atom. The molecule has 1 N–H and O–H groups in total. The summed E-state index contributed by atoms with van der Waals surface area (Å²) in [5, 5.41) is 2.71. The smallest absolute Gasteiger partial charge is 0.349 e. The number of benzene rings is 1. The average molecular weight is 273 g/mol. The van der Waals surface area contributed by atoms with E-state index in [-0.39, 0.29) is 5.91 Å². The van der Waals surface area contributed by atoms with Crippen LogP contribution in [0.2, 0.25) is 0 Å². The second-order valence-electron chi connectivity index (χ2n) is 5.57. The molecule has 1 rings (SSSR count). The Hall–Kier alpha value is -1.52. The van der Waals surface area contributed by atoms with Gasteiger partial charge in [0.25, 0.3) is 0 Å². The van der Waals surface area contributed by atoms with Crippen LogP contribution in [0.25, 0.3) is 0 Å². The fraction of sp³-hybridized carbons (Fsp3) is 0.500. The molecule has 1 atom stereocenters. The van der Waals surface area contributed by atoms with Gasteiger partial charge in [0.15, 0.2) is 0 Å².